The molecule has 0 spiro atoms. The molecule has 0 heterocycles. The molecule has 0 aliphatic rings. The van der Waals surface area contributed by atoms with Crippen molar-refractivity contribution in [2.45, 2.75) is 53.5 Å². The van der Waals surface area contributed by atoms with Crippen LogP contribution in [0.2, 0.25) is 0 Å². The molecular formula is C10H23N. The molecule has 0 rings (SSSR count). The number of rotatable bonds is 4. The van der Waals surface area contributed by atoms with Crippen LogP contribution in [-0.4, -0.2) is 6.04 Å². The zero-order valence-corrected chi connectivity index (χ0v) is 8.65. The van der Waals surface area contributed by atoms with Crippen molar-refractivity contribution in [2.75, 3.05) is 0 Å². The molecule has 0 aliphatic carbocycles. The van der Waals surface area contributed by atoms with Gasteiger partial charge in [-0.1, -0.05) is 40.5 Å². The summed E-state index contributed by atoms with van der Waals surface area (Å²) in [5, 5.41) is 0. The highest BCUT2D eigenvalue weighted by molar-refractivity contribution is 4.82. The van der Waals surface area contributed by atoms with Crippen LogP contribution in [0.1, 0.15) is 47.5 Å². The lowest BCUT2D eigenvalue weighted by Gasteiger charge is -2.35. The summed E-state index contributed by atoms with van der Waals surface area (Å²) >= 11 is 0. The van der Waals surface area contributed by atoms with Gasteiger partial charge in [0, 0.05) is 6.04 Å². The van der Waals surface area contributed by atoms with Gasteiger partial charge in [0.05, 0.1) is 0 Å². The first kappa shape index (κ1) is 11.0. The lowest BCUT2D eigenvalue weighted by molar-refractivity contribution is 0.179. The molecule has 0 saturated heterocycles. The molecule has 2 atom stereocenters. The largest absolute Gasteiger partial charge is 0.327 e. The predicted molar refractivity (Wildman–Crippen MR) is 51.5 cm³/mol. The number of hydrogen-bond donors (Lipinski definition) is 1. The standard InChI is InChI=1S/C10H23N/c1-6-7-8(2)10(4,5)9(3)11/h8-9H,6-7,11H2,1-5H3/t8-,9?/m0/s1. The molecule has 0 aromatic carbocycles. The van der Waals surface area contributed by atoms with Crippen LogP contribution < -0.4 is 5.73 Å². The normalized spacial score (nSPS) is 18.0. The first-order valence-corrected chi connectivity index (χ1v) is 4.68. The van der Waals surface area contributed by atoms with E-state index in [0.717, 1.165) is 5.92 Å². The van der Waals surface area contributed by atoms with E-state index in [4.69, 9.17) is 5.73 Å². The summed E-state index contributed by atoms with van der Waals surface area (Å²) in [4.78, 5) is 0. The van der Waals surface area contributed by atoms with Gasteiger partial charge in [0.2, 0.25) is 0 Å². The van der Waals surface area contributed by atoms with Crippen molar-refractivity contribution in [3.05, 3.63) is 0 Å². The smallest absolute Gasteiger partial charge is 0.00642 e. The first-order valence-electron chi connectivity index (χ1n) is 4.68. The van der Waals surface area contributed by atoms with Crippen molar-refractivity contribution in [3.63, 3.8) is 0 Å². The van der Waals surface area contributed by atoms with Crippen LogP contribution in [0.15, 0.2) is 0 Å². The zero-order valence-electron chi connectivity index (χ0n) is 8.65. The van der Waals surface area contributed by atoms with Crippen molar-refractivity contribution in [1.82, 2.24) is 0 Å². The molecule has 0 aliphatic heterocycles. The van der Waals surface area contributed by atoms with Gasteiger partial charge in [0.25, 0.3) is 0 Å². The summed E-state index contributed by atoms with van der Waals surface area (Å²) in [6.45, 7) is 11.2. The fraction of sp³-hybridized carbons (Fsp3) is 1.00. The molecule has 0 fully saturated rings. The molecule has 1 unspecified atom stereocenters. The van der Waals surface area contributed by atoms with E-state index in [1.54, 1.807) is 0 Å². The second-order valence-corrected chi connectivity index (χ2v) is 4.30. The van der Waals surface area contributed by atoms with Gasteiger partial charge < -0.3 is 5.73 Å². The minimum absolute atomic E-state index is 0.288. The Morgan fingerprint density at radius 3 is 2.00 bits per heavy atom. The molecule has 11 heavy (non-hydrogen) atoms. The molecule has 0 amide bonds. The minimum Gasteiger partial charge on any atom is -0.327 e. The molecule has 68 valence electrons. The molecule has 0 aromatic heterocycles. The maximum absolute atomic E-state index is 5.90. The van der Waals surface area contributed by atoms with E-state index >= 15 is 0 Å². The van der Waals surface area contributed by atoms with Gasteiger partial charge in [-0.25, -0.2) is 0 Å². The van der Waals surface area contributed by atoms with Gasteiger partial charge >= 0.3 is 0 Å². The molecule has 0 radical (unpaired) electrons. The van der Waals surface area contributed by atoms with Crippen molar-refractivity contribution in [3.8, 4) is 0 Å². The Kier molecular flexibility index (Phi) is 4.09. The van der Waals surface area contributed by atoms with E-state index < -0.39 is 0 Å². The third-order valence-corrected chi connectivity index (χ3v) is 3.17. The molecular weight excluding hydrogens is 134 g/mol. The maximum atomic E-state index is 5.90. The molecule has 2 N–H and O–H groups in total. The third kappa shape index (κ3) is 2.82. The Hall–Kier alpha value is -0.0400. The van der Waals surface area contributed by atoms with Crippen LogP contribution in [0.25, 0.3) is 0 Å². The second-order valence-electron chi connectivity index (χ2n) is 4.30. The molecule has 0 saturated carbocycles. The second kappa shape index (κ2) is 4.10. The van der Waals surface area contributed by atoms with E-state index in [2.05, 4.69) is 34.6 Å². The number of nitrogens with two attached hydrogens (primary N) is 1. The summed E-state index contributed by atoms with van der Waals surface area (Å²) in [5.74, 6) is 0.729. The van der Waals surface area contributed by atoms with Crippen molar-refractivity contribution in [2.24, 2.45) is 17.1 Å². The third-order valence-electron chi connectivity index (χ3n) is 3.17. The van der Waals surface area contributed by atoms with Crippen LogP contribution >= 0.6 is 0 Å². The van der Waals surface area contributed by atoms with Crippen molar-refractivity contribution < 1.29 is 0 Å². The van der Waals surface area contributed by atoms with E-state index in [1.807, 2.05) is 0 Å². The van der Waals surface area contributed by atoms with E-state index in [1.165, 1.54) is 12.8 Å². The van der Waals surface area contributed by atoms with Gasteiger partial charge in [-0.3, -0.25) is 0 Å². The summed E-state index contributed by atoms with van der Waals surface area (Å²) in [6, 6.07) is 0.295. The minimum atomic E-state index is 0.288. The van der Waals surface area contributed by atoms with Gasteiger partial charge in [-0.15, -0.1) is 0 Å². The Bertz CT molecular complexity index is 105. The lowest BCUT2D eigenvalue weighted by Crippen LogP contribution is -2.39. The molecule has 1 nitrogen and oxygen atoms in total. The monoisotopic (exact) mass is 157 g/mol. The van der Waals surface area contributed by atoms with Crippen LogP contribution in [0.4, 0.5) is 0 Å². The van der Waals surface area contributed by atoms with E-state index in [9.17, 15) is 0 Å². The summed E-state index contributed by atoms with van der Waals surface area (Å²) in [7, 11) is 0. The van der Waals surface area contributed by atoms with Gasteiger partial charge in [0.1, 0.15) is 0 Å². The Morgan fingerprint density at radius 2 is 1.73 bits per heavy atom. The van der Waals surface area contributed by atoms with Crippen LogP contribution in [0.5, 0.6) is 0 Å². The van der Waals surface area contributed by atoms with Gasteiger partial charge in [0.15, 0.2) is 0 Å². The van der Waals surface area contributed by atoms with Crippen LogP contribution in [0.3, 0.4) is 0 Å². The lowest BCUT2D eigenvalue weighted by atomic mass is 9.73. The topological polar surface area (TPSA) is 26.0 Å². The van der Waals surface area contributed by atoms with Gasteiger partial charge in [-0.2, -0.15) is 0 Å². The van der Waals surface area contributed by atoms with Crippen LogP contribution in [-0.2, 0) is 0 Å². The highest BCUT2D eigenvalue weighted by atomic mass is 14.7. The quantitative estimate of drug-likeness (QED) is 0.667. The first-order chi connectivity index (χ1) is 4.92. The molecule has 0 bridgehead atoms. The summed E-state index contributed by atoms with van der Waals surface area (Å²) in [5.41, 5.74) is 6.19. The fourth-order valence-corrected chi connectivity index (χ4v) is 1.25. The average molecular weight is 157 g/mol. The predicted octanol–water partition coefficient (Wildman–Crippen LogP) is 2.80. The zero-order chi connectivity index (χ0) is 9.07. The number of hydrogen-bond acceptors (Lipinski definition) is 1. The summed E-state index contributed by atoms with van der Waals surface area (Å²) in [6.07, 6.45) is 2.55. The molecule has 0 aromatic rings. The van der Waals surface area contributed by atoms with Gasteiger partial charge in [-0.05, 0) is 18.3 Å². The SMILES string of the molecule is CCC[C@H](C)C(C)(C)C(C)N. The Labute approximate surface area is 71.4 Å². The highest BCUT2D eigenvalue weighted by Gasteiger charge is 2.28. The van der Waals surface area contributed by atoms with E-state index in [0.29, 0.717) is 6.04 Å². The Balaban J connectivity index is 4.05. The van der Waals surface area contributed by atoms with E-state index in [-0.39, 0.29) is 5.41 Å². The van der Waals surface area contributed by atoms with Crippen LogP contribution in [0, 0.1) is 11.3 Å². The summed E-state index contributed by atoms with van der Waals surface area (Å²) < 4.78 is 0. The van der Waals surface area contributed by atoms with Crippen molar-refractivity contribution in [1.29, 1.82) is 0 Å². The Morgan fingerprint density at radius 1 is 1.27 bits per heavy atom. The van der Waals surface area contributed by atoms with Crippen molar-refractivity contribution >= 4 is 0 Å². The molecule has 1 heteroatoms. The highest BCUT2D eigenvalue weighted by Crippen LogP contribution is 2.32. The maximum Gasteiger partial charge on any atom is 0.00642 e. The average Bonchev–Trinajstić information content (AvgIpc) is 1.88. The fourth-order valence-electron chi connectivity index (χ4n) is 1.25.